The fourth-order valence-electron chi connectivity index (χ4n) is 3.87. The van der Waals surface area contributed by atoms with E-state index in [1.807, 2.05) is 6.07 Å². The van der Waals surface area contributed by atoms with Crippen molar-refractivity contribution < 1.29 is 35.2 Å². The number of nitriles is 1. The van der Waals surface area contributed by atoms with Crippen molar-refractivity contribution in [3.8, 4) is 11.8 Å². The molecule has 2 atom stereocenters. The molecule has 1 aliphatic heterocycles. The van der Waals surface area contributed by atoms with Gasteiger partial charge >= 0.3 is 6.18 Å². The Balaban J connectivity index is 1.50. The van der Waals surface area contributed by atoms with Gasteiger partial charge in [0, 0.05) is 31.3 Å². The van der Waals surface area contributed by atoms with Crippen molar-refractivity contribution in [2.45, 2.75) is 36.3 Å². The summed E-state index contributed by atoms with van der Waals surface area (Å²) in [7, 11) is -4.31. The number of rotatable bonds is 6. The van der Waals surface area contributed by atoms with Crippen molar-refractivity contribution >= 4 is 15.9 Å². The summed E-state index contributed by atoms with van der Waals surface area (Å²) in [6.45, 7) is -0.840. The van der Waals surface area contributed by atoms with Gasteiger partial charge in [-0.05, 0) is 48.5 Å². The van der Waals surface area contributed by atoms with Crippen LogP contribution in [0.4, 0.5) is 22.0 Å². The molecule has 4 rings (SSSR count). The van der Waals surface area contributed by atoms with E-state index in [1.165, 1.54) is 10.9 Å². The third kappa shape index (κ3) is 5.47. The predicted molar refractivity (Wildman–Crippen MR) is 119 cm³/mol. The van der Waals surface area contributed by atoms with Gasteiger partial charge in [0.15, 0.2) is 5.69 Å². The zero-order valence-electron chi connectivity index (χ0n) is 18.8. The second-order valence-corrected chi connectivity index (χ2v) is 10.1. The van der Waals surface area contributed by atoms with E-state index in [1.54, 1.807) is 0 Å². The molecule has 37 heavy (non-hydrogen) atoms. The molecule has 194 valence electrons. The minimum atomic E-state index is -4.52. The first kappa shape index (κ1) is 26.2. The van der Waals surface area contributed by atoms with Crippen LogP contribution in [0.25, 0.3) is 5.69 Å². The Bertz CT molecular complexity index is 1450. The first-order chi connectivity index (χ1) is 17.4. The van der Waals surface area contributed by atoms with Crippen LogP contribution < -0.4 is 5.32 Å². The van der Waals surface area contributed by atoms with Crippen molar-refractivity contribution in [2.24, 2.45) is 0 Å². The lowest BCUT2D eigenvalue weighted by Crippen LogP contribution is -2.45. The van der Waals surface area contributed by atoms with Gasteiger partial charge in [0.25, 0.3) is 0 Å². The number of alkyl halides is 4. The highest BCUT2D eigenvalue weighted by molar-refractivity contribution is 7.89. The number of hydrogen-bond acceptors (Lipinski definition) is 5. The van der Waals surface area contributed by atoms with E-state index in [0.717, 1.165) is 48.5 Å². The lowest BCUT2D eigenvalue weighted by molar-refractivity contribution is -0.137. The molecule has 0 aliphatic carbocycles. The van der Waals surface area contributed by atoms with Gasteiger partial charge < -0.3 is 5.32 Å². The van der Waals surface area contributed by atoms with E-state index in [4.69, 9.17) is 0 Å². The molecule has 0 radical (unpaired) electrons. The number of benzene rings is 2. The van der Waals surface area contributed by atoms with E-state index in [9.17, 15) is 40.4 Å². The molecule has 2 heterocycles. The summed E-state index contributed by atoms with van der Waals surface area (Å²) in [6, 6.07) is 8.37. The Hall–Kier alpha value is -3.83. The van der Waals surface area contributed by atoms with Gasteiger partial charge in [0.05, 0.1) is 16.1 Å². The van der Waals surface area contributed by atoms with Gasteiger partial charge in [-0.2, -0.15) is 27.8 Å². The maximum atomic E-state index is 14.2. The molecule has 3 aromatic rings. The maximum Gasteiger partial charge on any atom is 0.416 e. The van der Waals surface area contributed by atoms with Crippen LogP contribution in [0, 0.1) is 17.1 Å². The molecule has 1 N–H and O–H groups in total. The van der Waals surface area contributed by atoms with Gasteiger partial charge in [-0.25, -0.2) is 21.9 Å². The highest BCUT2D eigenvalue weighted by atomic mass is 32.2. The lowest BCUT2D eigenvalue weighted by atomic mass is 10.2. The number of nitrogens with zero attached hydrogens (tertiary/aromatic N) is 4. The molecular formula is C23H18F5N5O3S. The minimum absolute atomic E-state index is 0.120. The first-order valence-electron chi connectivity index (χ1n) is 10.8. The van der Waals surface area contributed by atoms with Crippen molar-refractivity contribution in [3.63, 3.8) is 0 Å². The molecule has 1 aliphatic rings. The van der Waals surface area contributed by atoms with Gasteiger partial charge in [0.2, 0.25) is 15.9 Å². The number of halogens is 5. The Labute approximate surface area is 208 Å². The topological polar surface area (TPSA) is 108 Å². The van der Waals surface area contributed by atoms with E-state index in [-0.39, 0.29) is 28.4 Å². The van der Waals surface area contributed by atoms with Crippen LogP contribution in [0.15, 0.2) is 59.6 Å². The number of carbonyl (C=O) groups is 1. The zero-order chi connectivity index (χ0) is 27.0. The molecule has 1 fully saturated rings. The number of hydrogen-bond donors (Lipinski definition) is 1. The molecule has 0 saturated carbocycles. The Morgan fingerprint density at radius 3 is 2.38 bits per heavy atom. The van der Waals surface area contributed by atoms with E-state index in [0.29, 0.717) is 4.31 Å². The van der Waals surface area contributed by atoms with Crippen molar-refractivity contribution in [1.29, 1.82) is 5.26 Å². The summed E-state index contributed by atoms with van der Waals surface area (Å²) < 4.78 is 93.6. The predicted octanol–water partition coefficient (Wildman–Crippen LogP) is 3.32. The molecule has 2 aromatic carbocycles. The number of aromatic nitrogens is 2. The average Bonchev–Trinajstić information content (AvgIpc) is 3.46. The minimum Gasteiger partial charge on any atom is -0.350 e. The second kappa shape index (κ2) is 9.91. The van der Waals surface area contributed by atoms with Crippen LogP contribution in [-0.2, 0) is 27.5 Å². The Morgan fingerprint density at radius 1 is 1.14 bits per heavy atom. The molecule has 1 saturated heterocycles. The monoisotopic (exact) mass is 539 g/mol. The number of nitrogens with one attached hydrogen (secondary N) is 1. The third-order valence-electron chi connectivity index (χ3n) is 5.74. The Morgan fingerprint density at radius 2 is 1.78 bits per heavy atom. The van der Waals surface area contributed by atoms with Crippen molar-refractivity contribution in [1.82, 2.24) is 19.4 Å². The average molecular weight is 539 g/mol. The molecule has 0 unspecified atom stereocenters. The molecule has 0 bridgehead atoms. The SMILES string of the molecule is N#Cc1nn(-c2ccc(C(F)(F)F)cc2)cc1CNC(=O)[C@H]1C[C@@H](F)CN1S(=O)(=O)c1ccc(F)cc1. The van der Waals surface area contributed by atoms with Crippen LogP contribution in [0.2, 0.25) is 0 Å². The largest absolute Gasteiger partial charge is 0.416 e. The molecule has 14 heteroatoms. The number of amides is 1. The molecule has 8 nitrogen and oxygen atoms in total. The summed E-state index contributed by atoms with van der Waals surface area (Å²) in [6.07, 6.45) is -5.20. The lowest BCUT2D eigenvalue weighted by Gasteiger charge is -2.23. The normalized spacial score (nSPS) is 18.5. The van der Waals surface area contributed by atoms with Gasteiger partial charge in [0.1, 0.15) is 24.1 Å². The summed E-state index contributed by atoms with van der Waals surface area (Å²) in [5.74, 6) is -1.49. The third-order valence-corrected chi connectivity index (χ3v) is 7.62. The molecule has 1 aromatic heterocycles. The summed E-state index contributed by atoms with van der Waals surface area (Å²) >= 11 is 0. The highest BCUT2D eigenvalue weighted by Gasteiger charge is 2.44. The highest BCUT2D eigenvalue weighted by Crippen LogP contribution is 2.30. The fraction of sp³-hybridized carbons (Fsp3) is 0.261. The quantitative estimate of drug-likeness (QED) is 0.484. The van der Waals surface area contributed by atoms with Gasteiger partial charge in [-0.15, -0.1) is 0 Å². The molecule has 0 spiro atoms. The summed E-state index contributed by atoms with van der Waals surface area (Å²) in [5, 5.41) is 15.9. The van der Waals surface area contributed by atoms with E-state index in [2.05, 4.69) is 10.4 Å². The fourth-order valence-corrected chi connectivity index (χ4v) is 5.50. The van der Waals surface area contributed by atoms with E-state index < -0.39 is 58.7 Å². The Kier molecular flexibility index (Phi) is 7.03. The van der Waals surface area contributed by atoms with Gasteiger partial charge in [-0.3, -0.25) is 4.79 Å². The van der Waals surface area contributed by atoms with E-state index >= 15 is 0 Å². The zero-order valence-corrected chi connectivity index (χ0v) is 19.6. The van der Waals surface area contributed by atoms with Crippen molar-refractivity contribution in [2.75, 3.05) is 6.54 Å². The van der Waals surface area contributed by atoms with Gasteiger partial charge in [-0.1, -0.05) is 0 Å². The van der Waals surface area contributed by atoms with Crippen LogP contribution in [0.5, 0.6) is 0 Å². The standard InChI is InChI=1S/C23H18F5N5O3S/c24-16-3-7-19(8-4-16)37(35,36)33-13-17(25)9-21(33)22(34)30-11-14-12-32(31-20(14)10-29)18-5-1-15(2-6-18)23(26,27)28/h1-8,12,17,21H,9,11,13H2,(H,30,34)/t17-,21-/m1/s1. The number of carbonyl (C=O) groups excluding carboxylic acids is 1. The van der Waals surface area contributed by atoms with Crippen LogP contribution in [0.3, 0.4) is 0 Å². The molecular weight excluding hydrogens is 521 g/mol. The first-order valence-corrected chi connectivity index (χ1v) is 12.2. The van der Waals surface area contributed by atoms with Crippen LogP contribution >= 0.6 is 0 Å². The molecule has 1 amide bonds. The maximum absolute atomic E-state index is 14.2. The van der Waals surface area contributed by atoms with Crippen molar-refractivity contribution in [3.05, 3.63) is 77.4 Å². The van der Waals surface area contributed by atoms with Crippen LogP contribution in [0.1, 0.15) is 23.2 Å². The number of sulfonamides is 1. The smallest absolute Gasteiger partial charge is 0.350 e. The summed E-state index contributed by atoms with van der Waals surface area (Å²) in [4.78, 5) is 12.6. The second-order valence-electron chi connectivity index (χ2n) is 8.20. The summed E-state index contributed by atoms with van der Waals surface area (Å²) in [5.41, 5.74) is -0.543. The van der Waals surface area contributed by atoms with Crippen LogP contribution in [-0.4, -0.2) is 47.2 Å².